The summed E-state index contributed by atoms with van der Waals surface area (Å²) in [5.74, 6) is 0.889. The van der Waals surface area contributed by atoms with Gasteiger partial charge >= 0.3 is 0 Å². The Bertz CT molecular complexity index is 259. The van der Waals surface area contributed by atoms with Crippen molar-refractivity contribution in [3.8, 4) is 0 Å². The minimum Gasteiger partial charge on any atom is -0.295 e. The van der Waals surface area contributed by atoms with E-state index in [4.69, 9.17) is 0 Å². The highest BCUT2D eigenvalue weighted by molar-refractivity contribution is 5.97. The molecule has 94 valence electrons. The highest BCUT2D eigenvalue weighted by atomic mass is 16.1. The van der Waals surface area contributed by atoms with E-state index in [9.17, 15) is 4.79 Å². The highest BCUT2D eigenvalue weighted by Crippen LogP contribution is 2.24. The Kier molecular flexibility index (Phi) is 10.3. The molecule has 1 aliphatic rings. The summed E-state index contributed by atoms with van der Waals surface area (Å²) in [6.07, 6.45) is 7.45. The third kappa shape index (κ3) is 5.29. The first-order chi connectivity index (χ1) is 7.15. The van der Waals surface area contributed by atoms with Crippen LogP contribution in [-0.4, -0.2) is 5.78 Å². The van der Waals surface area contributed by atoms with Crippen LogP contribution in [0.4, 0.5) is 0 Å². The van der Waals surface area contributed by atoms with Crippen LogP contribution in [0, 0.1) is 5.92 Å². The Morgan fingerprint density at radius 2 is 1.81 bits per heavy atom. The van der Waals surface area contributed by atoms with E-state index in [-0.39, 0.29) is 13.2 Å². The first kappa shape index (κ1) is 17.5. The molecular weight excluding hydrogens is 196 g/mol. The van der Waals surface area contributed by atoms with Crippen molar-refractivity contribution in [2.75, 3.05) is 0 Å². The van der Waals surface area contributed by atoms with E-state index >= 15 is 0 Å². The maximum Gasteiger partial charge on any atom is 0.159 e. The molecule has 1 aliphatic carbocycles. The van der Waals surface area contributed by atoms with E-state index in [1.165, 1.54) is 5.57 Å². The van der Waals surface area contributed by atoms with Gasteiger partial charge in [0, 0.05) is 5.57 Å². The molecule has 0 unspecified atom stereocenters. The molecule has 0 aromatic heterocycles. The molecule has 1 rings (SSSR count). The summed E-state index contributed by atoms with van der Waals surface area (Å²) < 4.78 is 0. The van der Waals surface area contributed by atoms with Gasteiger partial charge in [-0.15, -0.1) is 0 Å². The Morgan fingerprint density at radius 1 is 1.31 bits per heavy atom. The Hall–Kier alpha value is -0.850. The fourth-order valence-corrected chi connectivity index (χ4v) is 1.70. The van der Waals surface area contributed by atoms with E-state index in [1.54, 1.807) is 6.92 Å². The number of hydrogen-bond donors (Lipinski definition) is 0. The summed E-state index contributed by atoms with van der Waals surface area (Å²) in [4.78, 5) is 11.3. The minimum absolute atomic E-state index is 0. The van der Waals surface area contributed by atoms with E-state index in [0.717, 1.165) is 24.8 Å². The van der Waals surface area contributed by atoms with E-state index in [0.29, 0.717) is 5.92 Å². The summed E-state index contributed by atoms with van der Waals surface area (Å²) in [6, 6.07) is 0. The van der Waals surface area contributed by atoms with Crippen molar-refractivity contribution in [3.63, 3.8) is 0 Å². The number of ketones is 1. The molecule has 1 atom stereocenters. The van der Waals surface area contributed by atoms with Gasteiger partial charge in [-0.05, 0) is 37.7 Å². The number of carbonyl (C=O) groups is 1. The summed E-state index contributed by atoms with van der Waals surface area (Å²) in [5, 5.41) is 0. The average Bonchev–Trinajstić information content (AvgIpc) is 2.43. The van der Waals surface area contributed by atoms with E-state index < -0.39 is 0 Å². The van der Waals surface area contributed by atoms with E-state index in [2.05, 4.69) is 26.0 Å². The van der Waals surface area contributed by atoms with Crippen molar-refractivity contribution >= 4 is 5.78 Å². The molecule has 0 aromatic rings. The molecule has 0 aromatic carbocycles. The average molecular weight is 224 g/mol. The normalized spacial score (nSPS) is 19.2. The van der Waals surface area contributed by atoms with Crippen LogP contribution in [0.3, 0.4) is 0 Å². The second-order valence-electron chi connectivity index (χ2n) is 3.83. The lowest BCUT2D eigenvalue weighted by Crippen LogP contribution is -1.99. The molecule has 0 amide bonds. The lowest BCUT2D eigenvalue weighted by atomic mass is 10.0. The van der Waals surface area contributed by atoms with Crippen molar-refractivity contribution in [3.05, 3.63) is 23.3 Å². The number of hydrogen-bond acceptors (Lipinski definition) is 1. The van der Waals surface area contributed by atoms with Gasteiger partial charge in [-0.2, -0.15) is 0 Å². The second-order valence-corrected chi connectivity index (χ2v) is 3.83. The molecule has 0 saturated heterocycles. The van der Waals surface area contributed by atoms with Gasteiger partial charge in [0.2, 0.25) is 0 Å². The van der Waals surface area contributed by atoms with Crippen LogP contribution in [0.5, 0.6) is 0 Å². The van der Waals surface area contributed by atoms with Crippen molar-refractivity contribution in [1.82, 2.24) is 0 Å². The van der Waals surface area contributed by atoms with Crippen molar-refractivity contribution in [2.24, 2.45) is 5.92 Å². The zero-order chi connectivity index (χ0) is 11.8. The number of Topliss-reactive ketones (excluding diaryl/α,β-unsaturated/α-hetero) is 1. The van der Waals surface area contributed by atoms with Gasteiger partial charge < -0.3 is 0 Å². The standard InChI is InChI=1S/C12H18O.C2H6.CH4/c1-4-11-7-5-9(2)6-8-12(11)10(3)13;1-2;/h7-9H,4-6H2,1-3H3;1-2H3;1H4/t9-;;/m0../s1. The minimum atomic E-state index is 0. The molecule has 0 N–H and O–H groups in total. The zero-order valence-electron chi connectivity index (χ0n) is 10.8. The molecule has 1 nitrogen and oxygen atoms in total. The van der Waals surface area contributed by atoms with Crippen LogP contribution in [0.25, 0.3) is 0 Å². The molecule has 0 radical (unpaired) electrons. The smallest absolute Gasteiger partial charge is 0.159 e. The molecular formula is C15H28O. The van der Waals surface area contributed by atoms with Crippen LogP contribution >= 0.6 is 0 Å². The quantitative estimate of drug-likeness (QED) is 0.650. The number of rotatable bonds is 2. The van der Waals surface area contributed by atoms with Crippen LogP contribution in [0.1, 0.15) is 61.3 Å². The lowest BCUT2D eigenvalue weighted by Gasteiger charge is -2.04. The van der Waals surface area contributed by atoms with Gasteiger partial charge in [0.25, 0.3) is 0 Å². The zero-order valence-corrected chi connectivity index (χ0v) is 10.8. The van der Waals surface area contributed by atoms with Crippen molar-refractivity contribution < 1.29 is 4.79 Å². The number of allylic oxidation sites excluding steroid dienone is 4. The van der Waals surface area contributed by atoms with Crippen LogP contribution in [-0.2, 0) is 4.79 Å². The summed E-state index contributed by atoms with van der Waals surface area (Å²) >= 11 is 0. The van der Waals surface area contributed by atoms with E-state index in [1.807, 2.05) is 13.8 Å². The third-order valence-corrected chi connectivity index (χ3v) is 2.60. The molecule has 0 saturated carbocycles. The van der Waals surface area contributed by atoms with Crippen molar-refractivity contribution in [2.45, 2.75) is 61.3 Å². The molecule has 1 heteroatoms. The Balaban J connectivity index is 0. The third-order valence-electron chi connectivity index (χ3n) is 2.60. The SMILES string of the molecule is C.CC.CCC1=CC[C@H](C)CC=C1C(C)=O. The predicted octanol–water partition coefficient (Wildman–Crippen LogP) is 4.93. The molecule has 0 aliphatic heterocycles. The fraction of sp³-hybridized carbons (Fsp3) is 0.667. The predicted molar refractivity (Wildman–Crippen MR) is 73.6 cm³/mol. The highest BCUT2D eigenvalue weighted by Gasteiger charge is 2.12. The summed E-state index contributed by atoms with van der Waals surface area (Å²) in [6.45, 7) is 9.99. The summed E-state index contributed by atoms with van der Waals surface area (Å²) in [5.41, 5.74) is 2.18. The van der Waals surface area contributed by atoms with Gasteiger partial charge in [-0.25, -0.2) is 0 Å². The van der Waals surface area contributed by atoms with Gasteiger partial charge in [0.1, 0.15) is 0 Å². The van der Waals surface area contributed by atoms with Crippen LogP contribution in [0.15, 0.2) is 23.3 Å². The lowest BCUT2D eigenvalue weighted by molar-refractivity contribution is -0.113. The van der Waals surface area contributed by atoms with Gasteiger partial charge in [0.05, 0.1) is 0 Å². The molecule has 0 bridgehead atoms. The maximum absolute atomic E-state index is 11.3. The summed E-state index contributed by atoms with van der Waals surface area (Å²) in [7, 11) is 0. The Morgan fingerprint density at radius 3 is 2.25 bits per heavy atom. The maximum atomic E-state index is 11.3. The van der Waals surface area contributed by atoms with Crippen LogP contribution in [0.2, 0.25) is 0 Å². The van der Waals surface area contributed by atoms with Gasteiger partial charge in [-0.3, -0.25) is 4.79 Å². The largest absolute Gasteiger partial charge is 0.295 e. The molecule has 0 fully saturated rings. The first-order valence-electron chi connectivity index (χ1n) is 6.05. The topological polar surface area (TPSA) is 17.1 Å². The molecule has 0 heterocycles. The second kappa shape index (κ2) is 9.38. The molecule has 0 spiro atoms. The van der Waals surface area contributed by atoms with Crippen molar-refractivity contribution in [1.29, 1.82) is 0 Å². The van der Waals surface area contributed by atoms with Gasteiger partial charge in [-0.1, -0.05) is 47.3 Å². The van der Waals surface area contributed by atoms with Crippen LogP contribution < -0.4 is 0 Å². The van der Waals surface area contributed by atoms with Gasteiger partial charge in [0.15, 0.2) is 5.78 Å². The molecule has 16 heavy (non-hydrogen) atoms. The fourth-order valence-electron chi connectivity index (χ4n) is 1.70. The first-order valence-corrected chi connectivity index (χ1v) is 6.05. The Labute approximate surface area is 102 Å². The monoisotopic (exact) mass is 224 g/mol. The number of carbonyl (C=O) groups excluding carboxylic acids is 1.